The van der Waals surface area contributed by atoms with Crippen molar-refractivity contribution >= 4 is 80.7 Å². The third kappa shape index (κ3) is 6.91. The van der Waals surface area contributed by atoms with Crippen molar-refractivity contribution in [1.82, 2.24) is 4.90 Å². The number of para-hydroxylation sites is 1. The number of carbonyl (C=O) groups is 4. The summed E-state index contributed by atoms with van der Waals surface area (Å²) in [7, 11) is 1.48. The number of halogens is 2. The summed E-state index contributed by atoms with van der Waals surface area (Å²) in [5.74, 6) is -1.26. The van der Waals surface area contributed by atoms with E-state index in [0.29, 0.717) is 31.3 Å². The maximum Gasteiger partial charge on any atom is 0.335 e. The molecule has 39 heavy (non-hydrogen) atoms. The lowest BCUT2D eigenvalue weighted by atomic mass is 10.1. The molecule has 2 N–H and O–H groups in total. The van der Waals surface area contributed by atoms with Gasteiger partial charge in [-0.25, -0.2) is 4.79 Å². The molecule has 0 spiro atoms. The fourth-order valence-corrected chi connectivity index (χ4v) is 5.35. The molecule has 0 radical (unpaired) electrons. The second-order valence-corrected chi connectivity index (χ2v) is 10.7. The van der Waals surface area contributed by atoms with Gasteiger partial charge in [-0.15, -0.1) is 0 Å². The Kier molecular flexibility index (Phi) is 9.15. The number of amides is 3. The number of carbonyl (C=O) groups excluding carboxylic acids is 3. The van der Waals surface area contributed by atoms with Crippen LogP contribution in [-0.2, 0) is 16.2 Å². The molecule has 0 bridgehead atoms. The minimum absolute atomic E-state index is 0.163. The predicted molar refractivity (Wildman–Crippen MR) is 156 cm³/mol. The van der Waals surface area contributed by atoms with E-state index in [9.17, 15) is 19.2 Å². The molecule has 0 aliphatic carbocycles. The zero-order chi connectivity index (χ0) is 28.1. The van der Waals surface area contributed by atoms with Gasteiger partial charge in [0.2, 0.25) is 5.91 Å². The number of nitrogens with zero attached hydrogens (tertiary/aromatic N) is 1. The van der Waals surface area contributed by atoms with Crippen LogP contribution in [0.25, 0.3) is 6.08 Å². The highest BCUT2D eigenvalue weighted by Gasteiger charge is 2.36. The van der Waals surface area contributed by atoms with Crippen LogP contribution >= 0.6 is 46.0 Å². The topological polar surface area (TPSA) is 122 Å². The van der Waals surface area contributed by atoms with Gasteiger partial charge < -0.3 is 19.9 Å². The van der Waals surface area contributed by atoms with Gasteiger partial charge in [0, 0.05) is 0 Å². The van der Waals surface area contributed by atoms with Crippen molar-refractivity contribution in [3.8, 4) is 11.5 Å². The van der Waals surface area contributed by atoms with Crippen LogP contribution in [0.4, 0.5) is 10.5 Å². The maximum absolute atomic E-state index is 12.9. The van der Waals surface area contributed by atoms with Crippen LogP contribution in [0.15, 0.2) is 65.6 Å². The van der Waals surface area contributed by atoms with Crippen LogP contribution in [-0.4, -0.2) is 46.7 Å². The summed E-state index contributed by atoms with van der Waals surface area (Å²) in [4.78, 5) is 50.0. The molecule has 0 unspecified atom stereocenters. The molecule has 0 atom stereocenters. The maximum atomic E-state index is 12.9. The molecule has 9 nitrogen and oxygen atoms in total. The molecule has 1 aliphatic heterocycles. The first-order valence-electron chi connectivity index (χ1n) is 11.3. The average Bonchev–Trinajstić information content (AvgIpc) is 3.16. The van der Waals surface area contributed by atoms with E-state index in [1.54, 1.807) is 54.6 Å². The molecule has 0 aromatic heterocycles. The van der Waals surface area contributed by atoms with Crippen LogP contribution in [0, 0.1) is 3.57 Å². The first-order chi connectivity index (χ1) is 18.7. The van der Waals surface area contributed by atoms with Gasteiger partial charge in [0.1, 0.15) is 13.2 Å². The second-order valence-electron chi connectivity index (χ2n) is 8.12. The second kappa shape index (κ2) is 12.5. The number of rotatable bonds is 9. The highest BCUT2D eigenvalue weighted by Crippen LogP contribution is 2.37. The van der Waals surface area contributed by atoms with Crippen molar-refractivity contribution in [3.63, 3.8) is 0 Å². The van der Waals surface area contributed by atoms with E-state index >= 15 is 0 Å². The predicted octanol–water partition coefficient (Wildman–Crippen LogP) is 5.91. The molecular formula is C27H20ClIN2O7S. The summed E-state index contributed by atoms with van der Waals surface area (Å²) >= 11 is 8.87. The van der Waals surface area contributed by atoms with E-state index in [2.05, 4.69) is 27.9 Å². The third-order valence-corrected chi connectivity index (χ3v) is 7.50. The number of hydrogen-bond acceptors (Lipinski definition) is 7. The lowest BCUT2D eigenvalue weighted by Crippen LogP contribution is -2.36. The number of methoxy groups -OCH3 is 1. The van der Waals surface area contributed by atoms with E-state index in [4.69, 9.17) is 26.2 Å². The summed E-state index contributed by atoms with van der Waals surface area (Å²) in [6.45, 7) is -0.269. The number of thioether (sulfide) groups is 1. The first-order valence-corrected chi connectivity index (χ1v) is 13.6. The molecule has 1 saturated heterocycles. The smallest absolute Gasteiger partial charge is 0.335 e. The Hall–Kier alpha value is -3.55. The fraction of sp³-hybridized carbons (Fsp3) is 0.111. The van der Waals surface area contributed by atoms with E-state index < -0.39 is 29.6 Å². The number of nitrogens with one attached hydrogen (secondary N) is 1. The van der Waals surface area contributed by atoms with Crippen LogP contribution in [0.1, 0.15) is 21.5 Å². The molecule has 200 valence electrons. The zero-order valence-corrected chi connectivity index (χ0v) is 24.0. The lowest BCUT2D eigenvalue weighted by Gasteiger charge is -2.14. The number of hydrogen-bond donors (Lipinski definition) is 2. The van der Waals surface area contributed by atoms with Crippen LogP contribution in [0.3, 0.4) is 0 Å². The van der Waals surface area contributed by atoms with Gasteiger partial charge in [-0.3, -0.25) is 19.3 Å². The Morgan fingerprint density at radius 3 is 2.51 bits per heavy atom. The van der Waals surface area contributed by atoms with Crippen LogP contribution < -0.4 is 14.8 Å². The van der Waals surface area contributed by atoms with Crippen molar-refractivity contribution in [1.29, 1.82) is 0 Å². The molecule has 3 aromatic rings. The van der Waals surface area contributed by atoms with Gasteiger partial charge in [-0.05, 0) is 88.0 Å². The normalized spacial score (nSPS) is 14.0. The Morgan fingerprint density at radius 1 is 1.13 bits per heavy atom. The summed E-state index contributed by atoms with van der Waals surface area (Å²) in [6, 6.07) is 16.4. The molecule has 3 aromatic carbocycles. The van der Waals surface area contributed by atoms with Gasteiger partial charge in [-0.1, -0.05) is 35.9 Å². The SMILES string of the molecule is COc1cc(/C=C2/SC(=O)N(CC(=O)Nc3ccccc3Cl)C2=O)cc(I)c1OCc1ccc(C(=O)O)cc1. The van der Waals surface area contributed by atoms with Gasteiger partial charge >= 0.3 is 5.97 Å². The molecule has 1 aliphatic rings. The first kappa shape index (κ1) is 28.5. The van der Waals surface area contributed by atoms with Gasteiger partial charge in [-0.2, -0.15) is 0 Å². The van der Waals surface area contributed by atoms with E-state index in [0.717, 1.165) is 22.2 Å². The monoisotopic (exact) mass is 678 g/mol. The molecule has 3 amide bonds. The number of aromatic carboxylic acids is 1. The van der Waals surface area contributed by atoms with E-state index in [1.807, 2.05) is 0 Å². The number of carboxylic acids is 1. The molecule has 1 fully saturated rings. The number of ether oxygens (including phenoxy) is 2. The Balaban J connectivity index is 1.46. The Bertz CT molecular complexity index is 1490. The quantitative estimate of drug-likeness (QED) is 0.212. The van der Waals surface area contributed by atoms with Crippen molar-refractivity contribution in [3.05, 3.63) is 90.9 Å². The highest BCUT2D eigenvalue weighted by molar-refractivity contribution is 14.1. The Labute approximate surface area is 246 Å². The van der Waals surface area contributed by atoms with Gasteiger partial charge in [0.05, 0.1) is 31.9 Å². The minimum atomic E-state index is -1.01. The van der Waals surface area contributed by atoms with Gasteiger partial charge in [0.15, 0.2) is 11.5 Å². The van der Waals surface area contributed by atoms with Crippen LogP contribution in [0.5, 0.6) is 11.5 Å². The average molecular weight is 679 g/mol. The van der Waals surface area contributed by atoms with Crippen molar-refractivity contribution < 1.29 is 33.8 Å². The molecule has 1 heterocycles. The minimum Gasteiger partial charge on any atom is -0.493 e. The van der Waals surface area contributed by atoms with Crippen molar-refractivity contribution in [2.75, 3.05) is 19.0 Å². The highest BCUT2D eigenvalue weighted by atomic mass is 127. The molecule has 0 saturated carbocycles. The fourth-order valence-electron chi connectivity index (χ4n) is 3.55. The number of carboxylic acid groups (broad SMARTS) is 1. The summed E-state index contributed by atoms with van der Waals surface area (Å²) in [5, 5.41) is 11.4. The number of benzene rings is 3. The zero-order valence-electron chi connectivity index (χ0n) is 20.3. The molecule has 4 rings (SSSR count). The Morgan fingerprint density at radius 2 is 1.85 bits per heavy atom. The molecule has 12 heteroatoms. The van der Waals surface area contributed by atoms with Crippen molar-refractivity contribution in [2.24, 2.45) is 0 Å². The van der Waals surface area contributed by atoms with E-state index in [1.165, 1.54) is 19.2 Å². The third-order valence-electron chi connectivity index (χ3n) is 5.46. The summed E-state index contributed by atoms with van der Waals surface area (Å²) in [5.41, 5.74) is 1.93. The summed E-state index contributed by atoms with van der Waals surface area (Å²) < 4.78 is 12.1. The van der Waals surface area contributed by atoms with Crippen molar-refractivity contribution in [2.45, 2.75) is 6.61 Å². The number of imide groups is 1. The van der Waals surface area contributed by atoms with E-state index in [-0.39, 0.29) is 17.1 Å². The summed E-state index contributed by atoms with van der Waals surface area (Å²) in [6.07, 6.45) is 1.55. The number of anilines is 1. The standard InChI is InChI=1S/C27H20ClIN2O7S/c1-37-21-11-16(10-19(29)24(21)38-14-15-6-8-17(9-7-15)26(34)35)12-22-25(33)31(27(36)39-22)13-23(32)30-20-5-3-2-4-18(20)28/h2-12H,13-14H2,1H3,(H,30,32)(H,34,35)/b22-12+. The molecular weight excluding hydrogens is 659 g/mol. The van der Waals surface area contributed by atoms with Gasteiger partial charge in [0.25, 0.3) is 11.1 Å². The lowest BCUT2D eigenvalue weighted by molar-refractivity contribution is -0.127. The largest absolute Gasteiger partial charge is 0.493 e. The van der Waals surface area contributed by atoms with Crippen LogP contribution in [0.2, 0.25) is 5.02 Å².